The molecule has 0 radical (unpaired) electrons. The van der Waals surface area contributed by atoms with Crippen LogP contribution in [0.25, 0.3) is 0 Å². The minimum Gasteiger partial charge on any atom is -0.460 e. The molecule has 12 heteroatoms. The molecule has 1 saturated carbocycles. The number of amides is 2. The fourth-order valence-electron chi connectivity index (χ4n) is 4.53. The van der Waals surface area contributed by atoms with Gasteiger partial charge >= 0.3 is 24.1 Å². The van der Waals surface area contributed by atoms with Crippen molar-refractivity contribution in [2.24, 2.45) is 10.8 Å². The number of rotatable bonds is 17. The van der Waals surface area contributed by atoms with Gasteiger partial charge in [-0.2, -0.15) is 0 Å². The van der Waals surface area contributed by atoms with Gasteiger partial charge < -0.3 is 39.1 Å². The summed E-state index contributed by atoms with van der Waals surface area (Å²) < 4.78 is 30.4. The maximum absolute atomic E-state index is 12.3. The molecule has 0 saturated heterocycles. The standard InChI is InChI=1S/C26H42N2O10/c1-6-21(29)35-12-8-33-10-14-37-23(31)27-19-26(5)17-20(16-25(3,4)18-26)28-24(32)38-15-11-34-9-13-36-22(30)7-2/h6-7,20H,1-2,8-19H2,3-5H3,(H,27,31)(H,28,32). The summed E-state index contributed by atoms with van der Waals surface area (Å²) in [6.07, 6.45) is 3.32. The first-order chi connectivity index (χ1) is 18.0. The van der Waals surface area contributed by atoms with E-state index in [4.69, 9.17) is 28.4 Å². The van der Waals surface area contributed by atoms with Crippen molar-refractivity contribution in [2.75, 3.05) is 59.4 Å². The van der Waals surface area contributed by atoms with Crippen molar-refractivity contribution in [1.82, 2.24) is 10.6 Å². The molecule has 2 atom stereocenters. The van der Waals surface area contributed by atoms with Crippen LogP contribution in [0.4, 0.5) is 9.59 Å². The van der Waals surface area contributed by atoms with Gasteiger partial charge in [-0.25, -0.2) is 19.2 Å². The molecule has 0 aliphatic heterocycles. The molecule has 2 unspecified atom stereocenters. The maximum Gasteiger partial charge on any atom is 0.407 e. The van der Waals surface area contributed by atoms with Gasteiger partial charge in [0.25, 0.3) is 0 Å². The van der Waals surface area contributed by atoms with Crippen LogP contribution in [0, 0.1) is 10.8 Å². The lowest BCUT2D eigenvalue weighted by Gasteiger charge is -2.46. The number of esters is 2. The number of ether oxygens (including phenoxy) is 6. The Morgan fingerprint density at radius 1 is 0.737 bits per heavy atom. The van der Waals surface area contributed by atoms with Crippen molar-refractivity contribution in [1.29, 1.82) is 0 Å². The quantitative estimate of drug-likeness (QED) is 0.122. The zero-order chi connectivity index (χ0) is 28.4. The minimum atomic E-state index is -0.556. The predicted molar refractivity (Wildman–Crippen MR) is 137 cm³/mol. The summed E-state index contributed by atoms with van der Waals surface area (Å²) in [6.45, 7) is 14.3. The van der Waals surface area contributed by atoms with E-state index in [1.807, 2.05) is 0 Å². The molecular formula is C26H42N2O10. The monoisotopic (exact) mass is 542 g/mol. The zero-order valence-electron chi connectivity index (χ0n) is 22.7. The van der Waals surface area contributed by atoms with Crippen molar-refractivity contribution >= 4 is 24.1 Å². The van der Waals surface area contributed by atoms with Gasteiger partial charge in [-0.1, -0.05) is 33.9 Å². The van der Waals surface area contributed by atoms with E-state index in [2.05, 4.69) is 44.6 Å². The van der Waals surface area contributed by atoms with Crippen LogP contribution in [-0.4, -0.2) is 89.6 Å². The number of alkyl carbamates (subject to hydrolysis) is 2. The summed E-state index contributed by atoms with van der Waals surface area (Å²) in [7, 11) is 0. The van der Waals surface area contributed by atoms with Crippen LogP contribution in [-0.2, 0) is 38.0 Å². The SMILES string of the molecule is C=CC(=O)OCCOCCOC(=O)NCC1(C)CC(NC(=O)OCCOCCOC(=O)C=C)CC(C)(C)C1. The molecule has 0 bridgehead atoms. The molecule has 1 aliphatic rings. The zero-order valence-corrected chi connectivity index (χ0v) is 22.7. The van der Waals surface area contributed by atoms with Gasteiger partial charge in [-0.15, -0.1) is 0 Å². The fourth-order valence-corrected chi connectivity index (χ4v) is 4.53. The molecule has 0 aromatic carbocycles. The second kappa shape index (κ2) is 17.4. The van der Waals surface area contributed by atoms with Gasteiger partial charge in [0.15, 0.2) is 0 Å². The van der Waals surface area contributed by atoms with Gasteiger partial charge in [0, 0.05) is 24.7 Å². The molecular weight excluding hydrogens is 500 g/mol. The maximum atomic E-state index is 12.3. The molecule has 0 aromatic rings. The number of nitrogens with one attached hydrogen (secondary N) is 2. The van der Waals surface area contributed by atoms with Crippen molar-refractivity contribution in [3.8, 4) is 0 Å². The second-order valence-corrected chi connectivity index (χ2v) is 9.99. The highest BCUT2D eigenvalue weighted by Gasteiger charge is 2.42. The third-order valence-corrected chi connectivity index (χ3v) is 5.62. The first kappa shape index (κ1) is 32.9. The Labute approximate surface area is 224 Å². The normalized spacial score (nSPS) is 19.9. The average Bonchev–Trinajstić information content (AvgIpc) is 2.84. The van der Waals surface area contributed by atoms with E-state index >= 15 is 0 Å². The van der Waals surface area contributed by atoms with E-state index in [1.165, 1.54) is 0 Å². The highest BCUT2D eigenvalue weighted by Crippen LogP contribution is 2.45. The minimum absolute atomic E-state index is 0.0587. The lowest BCUT2D eigenvalue weighted by atomic mass is 9.62. The van der Waals surface area contributed by atoms with Crippen molar-refractivity contribution in [3.63, 3.8) is 0 Å². The van der Waals surface area contributed by atoms with E-state index in [0.717, 1.165) is 25.0 Å². The van der Waals surface area contributed by atoms with Crippen LogP contribution in [0.15, 0.2) is 25.3 Å². The Morgan fingerprint density at radius 2 is 1.21 bits per heavy atom. The summed E-state index contributed by atoms with van der Waals surface area (Å²) in [6, 6.07) is -0.128. The van der Waals surface area contributed by atoms with Gasteiger partial charge in [-0.05, 0) is 30.1 Å². The third kappa shape index (κ3) is 15.2. The van der Waals surface area contributed by atoms with Crippen LogP contribution >= 0.6 is 0 Å². The highest BCUT2D eigenvalue weighted by atomic mass is 16.6. The number of carbonyl (C=O) groups excluding carboxylic acids is 4. The lowest BCUT2D eigenvalue weighted by Crippen LogP contribution is -2.50. The van der Waals surface area contributed by atoms with E-state index in [0.29, 0.717) is 13.0 Å². The molecule has 1 fully saturated rings. The molecule has 0 aromatic heterocycles. The highest BCUT2D eigenvalue weighted by molar-refractivity contribution is 5.81. The molecule has 1 rings (SSSR count). The number of carbonyl (C=O) groups is 4. The van der Waals surface area contributed by atoms with Gasteiger partial charge in [-0.3, -0.25) is 0 Å². The Hall–Kier alpha value is -3.12. The first-order valence-corrected chi connectivity index (χ1v) is 12.6. The Morgan fingerprint density at radius 3 is 1.71 bits per heavy atom. The Kier molecular flexibility index (Phi) is 15.1. The predicted octanol–water partition coefficient (Wildman–Crippen LogP) is 2.52. The molecule has 1 aliphatic carbocycles. The van der Waals surface area contributed by atoms with Crippen LogP contribution in [0.1, 0.15) is 40.0 Å². The topological polar surface area (TPSA) is 148 Å². The summed E-state index contributed by atoms with van der Waals surface area (Å²) in [5, 5.41) is 5.72. The molecule has 216 valence electrons. The van der Waals surface area contributed by atoms with Crippen molar-refractivity contribution < 1.29 is 47.6 Å². The lowest BCUT2D eigenvalue weighted by molar-refractivity contribution is -0.140. The van der Waals surface area contributed by atoms with Gasteiger partial charge in [0.1, 0.15) is 26.4 Å². The van der Waals surface area contributed by atoms with Crippen LogP contribution in [0.3, 0.4) is 0 Å². The summed E-state index contributed by atoms with van der Waals surface area (Å²) in [5.41, 5.74) is -0.332. The molecule has 12 nitrogen and oxygen atoms in total. The Balaban J connectivity index is 2.30. The number of hydrogen-bond acceptors (Lipinski definition) is 10. The van der Waals surface area contributed by atoms with Gasteiger partial charge in [0.05, 0.1) is 26.4 Å². The number of hydrogen-bond donors (Lipinski definition) is 2. The average molecular weight is 543 g/mol. The summed E-state index contributed by atoms with van der Waals surface area (Å²) >= 11 is 0. The van der Waals surface area contributed by atoms with Crippen LogP contribution in [0.5, 0.6) is 0 Å². The molecule has 38 heavy (non-hydrogen) atoms. The fraction of sp³-hybridized carbons (Fsp3) is 0.692. The molecule has 0 heterocycles. The summed E-state index contributed by atoms with van der Waals surface area (Å²) in [4.78, 5) is 46.3. The molecule has 0 spiro atoms. The van der Waals surface area contributed by atoms with E-state index < -0.39 is 24.1 Å². The molecule has 2 N–H and O–H groups in total. The van der Waals surface area contributed by atoms with Crippen LogP contribution < -0.4 is 10.6 Å². The van der Waals surface area contributed by atoms with E-state index in [9.17, 15) is 19.2 Å². The van der Waals surface area contributed by atoms with Gasteiger partial charge in [0.2, 0.25) is 0 Å². The Bertz CT molecular complexity index is 801. The second-order valence-electron chi connectivity index (χ2n) is 9.99. The van der Waals surface area contributed by atoms with Crippen molar-refractivity contribution in [2.45, 2.75) is 46.1 Å². The first-order valence-electron chi connectivity index (χ1n) is 12.6. The molecule has 2 amide bonds. The largest absolute Gasteiger partial charge is 0.460 e. The van der Waals surface area contributed by atoms with E-state index in [1.54, 1.807) is 0 Å². The van der Waals surface area contributed by atoms with E-state index in [-0.39, 0.29) is 69.7 Å². The van der Waals surface area contributed by atoms with Crippen molar-refractivity contribution in [3.05, 3.63) is 25.3 Å². The third-order valence-electron chi connectivity index (χ3n) is 5.62. The summed E-state index contributed by atoms with van der Waals surface area (Å²) in [5.74, 6) is -1.05. The smallest absolute Gasteiger partial charge is 0.407 e. The van der Waals surface area contributed by atoms with Crippen LogP contribution in [0.2, 0.25) is 0 Å².